The second kappa shape index (κ2) is 6.35. The highest BCUT2D eigenvalue weighted by Gasteiger charge is 2.22. The first-order valence-electron chi connectivity index (χ1n) is 5.76. The van der Waals surface area contributed by atoms with Crippen molar-refractivity contribution in [3.63, 3.8) is 0 Å². The average molecular weight is 265 g/mol. The van der Waals surface area contributed by atoms with E-state index in [-0.39, 0.29) is 11.5 Å². The lowest BCUT2D eigenvalue weighted by Gasteiger charge is -2.22. The fourth-order valence-electron chi connectivity index (χ4n) is 1.16. The van der Waals surface area contributed by atoms with Gasteiger partial charge in [-0.1, -0.05) is 6.92 Å². The molecular formula is C11H23NO4S. The molecule has 0 radical (unpaired) electrons. The molecule has 0 aliphatic heterocycles. The Balaban J connectivity index is 4.03. The smallest absolute Gasteiger partial charge is 0.323 e. The molecule has 2 N–H and O–H groups in total. The number of esters is 1. The number of carbonyl (C=O) groups is 1. The number of sulfone groups is 1. The highest BCUT2D eigenvalue weighted by atomic mass is 32.2. The molecule has 0 aromatic carbocycles. The molecule has 0 saturated carbocycles. The van der Waals surface area contributed by atoms with Gasteiger partial charge in [0.25, 0.3) is 0 Å². The first-order chi connectivity index (χ1) is 7.57. The Labute approximate surface area is 104 Å². The summed E-state index contributed by atoms with van der Waals surface area (Å²) in [6.45, 7) is 6.89. The number of ether oxygens (including phenoxy) is 1. The molecule has 0 heterocycles. The molecule has 1 unspecified atom stereocenters. The monoisotopic (exact) mass is 265 g/mol. The molecule has 0 bridgehead atoms. The summed E-state index contributed by atoms with van der Waals surface area (Å²) in [5.41, 5.74) is 5.06. The Morgan fingerprint density at radius 3 is 2.29 bits per heavy atom. The van der Waals surface area contributed by atoms with Gasteiger partial charge in [-0.3, -0.25) is 4.79 Å². The number of hydrogen-bond donors (Lipinski definition) is 1. The molecule has 0 fully saturated rings. The second-order valence-corrected chi connectivity index (χ2v) is 7.49. The molecule has 0 aliphatic carbocycles. The Morgan fingerprint density at radius 1 is 1.35 bits per heavy atom. The van der Waals surface area contributed by atoms with Gasteiger partial charge in [0.1, 0.15) is 21.5 Å². The third kappa shape index (κ3) is 8.15. The van der Waals surface area contributed by atoms with Gasteiger partial charge in [0.2, 0.25) is 0 Å². The van der Waals surface area contributed by atoms with E-state index in [0.717, 1.165) is 0 Å². The van der Waals surface area contributed by atoms with E-state index in [9.17, 15) is 13.2 Å². The maximum atomic E-state index is 11.5. The van der Waals surface area contributed by atoms with Gasteiger partial charge >= 0.3 is 5.97 Å². The largest absolute Gasteiger partial charge is 0.459 e. The fourth-order valence-corrected chi connectivity index (χ4v) is 2.06. The molecule has 17 heavy (non-hydrogen) atoms. The quantitative estimate of drug-likeness (QED) is 0.720. The van der Waals surface area contributed by atoms with Crippen molar-refractivity contribution < 1.29 is 17.9 Å². The van der Waals surface area contributed by atoms with Crippen molar-refractivity contribution in [3.05, 3.63) is 0 Å². The van der Waals surface area contributed by atoms with Crippen molar-refractivity contribution in [1.82, 2.24) is 0 Å². The van der Waals surface area contributed by atoms with E-state index >= 15 is 0 Å². The number of nitrogens with two attached hydrogens (primary N) is 1. The summed E-state index contributed by atoms with van der Waals surface area (Å²) < 4.78 is 27.5. The maximum Gasteiger partial charge on any atom is 0.323 e. The Hall–Kier alpha value is -0.620. The van der Waals surface area contributed by atoms with Crippen LogP contribution in [0.5, 0.6) is 0 Å². The van der Waals surface area contributed by atoms with Crippen LogP contribution in [-0.2, 0) is 19.4 Å². The minimum Gasteiger partial charge on any atom is -0.459 e. The summed E-state index contributed by atoms with van der Waals surface area (Å²) >= 11 is 0. The first-order valence-corrected chi connectivity index (χ1v) is 7.58. The molecule has 0 amide bonds. The predicted molar refractivity (Wildman–Crippen MR) is 67.4 cm³/mol. The molecule has 0 spiro atoms. The molecule has 5 nitrogen and oxygen atoms in total. The van der Waals surface area contributed by atoms with Crippen molar-refractivity contribution in [2.24, 2.45) is 5.73 Å². The van der Waals surface area contributed by atoms with Crippen LogP contribution in [0.1, 0.15) is 40.5 Å². The summed E-state index contributed by atoms with van der Waals surface area (Å²) in [5, 5.41) is 0. The third-order valence-electron chi connectivity index (χ3n) is 2.12. The zero-order valence-corrected chi connectivity index (χ0v) is 11.8. The fraction of sp³-hybridized carbons (Fsp3) is 0.909. The minimum atomic E-state index is -2.98. The summed E-state index contributed by atoms with van der Waals surface area (Å²) in [6.07, 6.45) is 0.713. The zero-order chi connectivity index (χ0) is 13.7. The number of hydrogen-bond acceptors (Lipinski definition) is 5. The van der Waals surface area contributed by atoms with Gasteiger partial charge in [-0.2, -0.15) is 0 Å². The third-order valence-corrected chi connectivity index (χ3v) is 3.91. The lowest BCUT2D eigenvalue weighted by molar-refractivity contribution is -0.156. The molecule has 0 aromatic rings. The summed E-state index contributed by atoms with van der Waals surface area (Å²) in [4.78, 5) is 11.5. The zero-order valence-electron chi connectivity index (χ0n) is 11.0. The second-order valence-electron chi connectivity index (χ2n) is 5.02. The number of carbonyl (C=O) groups excluding carboxylic acids is 1. The van der Waals surface area contributed by atoms with Crippen LogP contribution in [0.2, 0.25) is 0 Å². The van der Waals surface area contributed by atoms with E-state index in [1.54, 1.807) is 27.7 Å². The van der Waals surface area contributed by atoms with Crippen LogP contribution >= 0.6 is 0 Å². The van der Waals surface area contributed by atoms with E-state index in [0.29, 0.717) is 12.8 Å². The van der Waals surface area contributed by atoms with Crippen LogP contribution in [0.25, 0.3) is 0 Å². The van der Waals surface area contributed by atoms with Gasteiger partial charge in [0, 0.05) is 5.75 Å². The molecule has 0 aromatic heterocycles. The van der Waals surface area contributed by atoms with Crippen LogP contribution in [0.4, 0.5) is 0 Å². The van der Waals surface area contributed by atoms with E-state index in [1.165, 1.54) is 0 Å². The summed E-state index contributed by atoms with van der Waals surface area (Å²) in [7, 11) is -2.98. The Bertz CT molecular complexity index is 343. The van der Waals surface area contributed by atoms with E-state index in [2.05, 4.69) is 0 Å². The first kappa shape index (κ1) is 16.4. The maximum absolute atomic E-state index is 11.5. The Kier molecular flexibility index (Phi) is 6.12. The lowest BCUT2D eigenvalue weighted by Crippen LogP contribution is -2.37. The van der Waals surface area contributed by atoms with E-state index < -0.39 is 27.4 Å². The van der Waals surface area contributed by atoms with Crippen LogP contribution < -0.4 is 5.73 Å². The molecule has 102 valence electrons. The summed E-state index contributed by atoms with van der Waals surface area (Å²) in [5.74, 6) is -0.291. The number of rotatable bonds is 6. The van der Waals surface area contributed by atoms with Crippen molar-refractivity contribution in [3.8, 4) is 0 Å². The van der Waals surface area contributed by atoms with E-state index in [1.807, 2.05) is 0 Å². The van der Waals surface area contributed by atoms with Crippen LogP contribution in [0.15, 0.2) is 0 Å². The molecular weight excluding hydrogens is 242 g/mol. The van der Waals surface area contributed by atoms with Gasteiger partial charge < -0.3 is 10.5 Å². The Morgan fingerprint density at radius 2 is 1.88 bits per heavy atom. The van der Waals surface area contributed by atoms with Gasteiger partial charge in [0.15, 0.2) is 0 Å². The highest BCUT2D eigenvalue weighted by Crippen LogP contribution is 2.10. The van der Waals surface area contributed by atoms with Crippen molar-refractivity contribution >= 4 is 15.8 Å². The van der Waals surface area contributed by atoms with Gasteiger partial charge in [-0.15, -0.1) is 0 Å². The van der Waals surface area contributed by atoms with Gasteiger partial charge in [-0.05, 0) is 33.6 Å². The standard InChI is InChI=1S/C11H23NO4S/c1-5-17(14,15)8-6-7-9(12)10(13)16-11(2,3)4/h9H,5-8,12H2,1-4H3. The molecule has 6 heteroatoms. The lowest BCUT2D eigenvalue weighted by atomic mass is 10.1. The molecule has 0 rings (SSSR count). The van der Waals surface area contributed by atoms with Crippen LogP contribution in [0.3, 0.4) is 0 Å². The normalized spacial score (nSPS) is 14.4. The summed E-state index contributed by atoms with van der Waals surface area (Å²) in [6, 6.07) is -0.749. The van der Waals surface area contributed by atoms with Crippen molar-refractivity contribution in [1.29, 1.82) is 0 Å². The van der Waals surface area contributed by atoms with Crippen molar-refractivity contribution in [2.75, 3.05) is 11.5 Å². The van der Waals surface area contributed by atoms with Crippen molar-refractivity contribution in [2.45, 2.75) is 52.2 Å². The molecule has 0 aliphatic rings. The van der Waals surface area contributed by atoms with Crippen LogP contribution in [0, 0.1) is 0 Å². The molecule has 0 saturated heterocycles. The van der Waals surface area contributed by atoms with Gasteiger partial charge in [0.05, 0.1) is 5.75 Å². The average Bonchev–Trinajstić information content (AvgIpc) is 2.14. The molecule has 1 atom stereocenters. The van der Waals surface area contributed by atoms with Gasteiger partial charge in [-0.25, -0.2) is 8.42 Å². The SMILES string of the molecule is CCS(=O)(=O)CCCC(N)C(=O)OC(C)(C)C. The highest BCUT2D eigenvalue weighted by molar-refractivity contribution is 7.91. The predicted octanol–water partition coefficient (Wildman–Crippen LogP) is 0.870. The van der Waals surface area contributed by atoms with Crippen LogP contribution in [-0.4, -0.2) is 37.5 Å². The van der Waals surface area contributed by atoms with E-state index in [4.69, 9.17) is 10.5 Å². The minimum absolute atomic E-state index is 0.0694. The topological polar surface area (TPSA) is 86.5 Å².